The van der Waals surface area contributed by atoms with Gasteiger partial charge in [-0.3, -0.25) is 0 Å². The maximum absolute atomic E-state index is 13.3. The van der Waals surface area contributed by atoms with Gasteiger partial charge in [0.05, 0.1) is 6.10 Å². The third-order valence-electron chi connectivity index (χ3n) is 3.87. The molecule has 0 aliphatic heterocycles. The van der Waals surface area contributed by atoms with Crippen LogP contribution in [0.4, 0.5) is 4.39 Å². The van der Waals surface area contributed by atoms with Crippen molar-refractivity contribution in [2.24, 2.45) is 5.41 Å². The molecule has 0 heterocycles. The number of methoxy groups -OCH3 is 1. The quantitative estimate of drug-likeness (QED) is 0.817. The fourth-order valence-electron chi connectivity index (χ4n) is 2.86. The molecule has 2 nitrogen and oxygen atoms in total. The molecule has 21 heavy (non-hydrogen) atoms. The van der Waals surface area contributed by atoms with Gasteiger partial charge in [-0.05, 0) is 55.0 Å². The monoisotopic (exact) mass is 295 g/mol. The molecule has 3 heteroatoms. The van der Waals surface area contributed by atoms with E-state index in [1.54, 1.807) is 13.2 Å². The van der Waals surface area contributed by atoms with E-state index in [9.17, 15) is 4.39 Å². The lowest BCUT2D eigenvalue weighted by Gasteiger charge is -2.37. The van der Waals surface area contributed by atoms with Crippen LogP contribution in [0.1, 0.15) is 45.2 Å². The first kappa shape index (κ1) is 18.1. The van der Waals surface area contributed by atoms with Crippen LogP contribution in [-0.2, 0) is 11.2 Å². The van der Waals surface area contributed by atoms with Crippen molar-refractivity contribution in [3.8, 4) is 0 Å². The fourth-order valence-corrected chi connectivity index (χ4v) is 2.86. The van der Waals surface area contributed by atoms with Crippen molar-refractivity contribution >= 4 is 0 Å². The summed E-state index contributed by atoms with van der Waals surface area (Å²) in [5.74, 6) is -0.173. The fraction of sp³-hybridized carbons (Fsp3) is 0.667. The minimum atomic E-state index is -0.173. The molecule has 2 unspecified atom stereocenters. The van der Waals surface area contributed by atoms with E-state index in [-0.39, 0.29) is 23.4 Å². The molecule has 0 aliphatic rings. The minimum Gasteiger partial charge on any atom is -0.379 e. The predicted octanol–water partition coefficient (Wildman–Crippen LogP) is 4.11. The number of aryl methyl sites for hydroxylation is 1. The highest BCUT2D eigenvalue weighted by Crippen LogP contribution is 2.27. The third kappa shape index (κ3) is 5.40. The van der Waals surface area contributed by atoms with Crippen LogP contribution in [0.3, 0.4) is 0 Å². The first-order valence-electron chi connectivity index (χ1n) is 7.80. The van der Waals surface area contributed by atoms with Gasteiger partial charge in [0.15, 0.2) is 0 Å². The van der Waals surface area contributed by atoms with E-state index < -0.39 is 0 Å². The lowest BCUT2D eigenvalue weighted by atomic mass is 9.82. The zero-order chi connectivity index (χ0) is 16.0. The van der Waals surface area contributed by atoms with Crippen LogP contribution in [0.25, 0.3) is 0 Å². The molecule has 1 rings (SSSR count). The van der Waals surface area contributed by atoms with Crippen LogP contribution in [0.2, 0.25) is 0 Å². The standard InChI is InChI=1S/C18H30FNO/c1-7-10-20-16(17(21-6)18(3,4)5)12-14-8-9-15(19)11-13(14)2/h8-9,11,16-17,20H,7,10,12H2,1-6H3. The van der Waals surface area contributed by atoms with E-state index >= 15 is 0 Å². The molecule has 2 atom stereocenters. The molecule has 1 aromatic carbocycles. The highest BCUT2D eigenvalue weighted by molar-refractivity contribution is 5.27. The summed E-state index contributed by atoms with van der Waals surface area (Å²) in [5.41, 5.74) is 2.23. The van der Waals surface area contributed by atoms with Gasteiger partial charge in [-0.1, -0.05) is 33.8 Å². The Kier molecular flexibility index (Phi) is 6.82. The maximum atomic E-state index is 13.3. The molecule has 0 spiro atoms. The summed E-state index contributed by atoms with van der Waals surface area (Å²) in [7, 11) is 1.77. The van der Waals surface area contributed by atoms with Crippen LogP contribution in [-0.4, -0.2) is 25.8 Å². The van der Waals surface area contributed by atoms with Crippen LogP contribution in [0, 0.1) is 18.2 Å². The normalized spacial score (nSPS) is 15.0. The van der Waals surface area contributed by atoms with Gasteiger partial charge in [0.1, 0.15) is 5.82 Å². The van der Waals surface area contributed by atoms with E-state index in [4.69, 9.17) is 4.74 Å². The van der Waals surface area contributed by atoms with Gasteiger partial charge in [0.2, 0.25) is 0 Å². The molecule has 0 saturated carbocycles. The van der Waals surface area contributed by atoms with Gasteiger partial charge in [0.25, 0.3) is 0 Å². The van der Waals surface area contributed by atoms with E-state index in [2.05, 4.69) is 33.0 Å². The molecule has 1 N–H and O–H groups in total. The predicted molar refractivity (Wildman–Crippen MR) is 87.2 cm³/mol. The van der Waals surface area contributed by atoms with Gasteiger partial charge in [-0.15, -0.1) is 0 Å². The summed E-state index contributed by atoms with van der Waals surface area (Å²) >= 11 is 0. The van der Waals surface area contributed by atoms with Crippen LogP contribution in [0.15, 0.2) is 18.2 Å². The lowest BCUT2D eigenvalue weighted by molar-refractivity contribution is -0.0110. The number of benzene rings is 1. The first-order chi connectivity index (χ1) is 9.79. The largest absolute Gasteiger partial charge is 0.379 e. The van der Waals surface area contributed by atoms with Gasteiger partial charge in [0, 0.05) is 13.2 Å². The van der Waals surface area contributed by atoms with Crippen LogP contribution in [0.5, 0.6) is 0 Å². The summed E-state index contributed by atoms with van der Waals surface area (Å²) < 4.78 is 19.0. The topological polar surface area (TPSA) is 21.3 Å². The van der Waals surface area contributed by atoms with Gasteiger partial charge < -0.3 is 10.1 Å². The SMILES string of the molecule is CCCNC(Cc1ccc(F)cc1C)C(OC)C(C)(C)C. The lowest BCUT2D eigenvalue weighted by Crippen LogP contribution is -2.49. The molecule has 0 bridgehead atoms. The Morgan fingerprint density at radius 1 is 1.29 bits per heavy atom. The minimum absolute atomic E-state index is 0.0497. The van der Waals surface area contributed by atoms with E-state index in [1.165, 1.54) is 11.6 Å². The average molecular weight is 295 g/mol. The molecule has 0 saturated heterocycles. The average Bonchev–Trinajstić information content (AvgIpc) is 2.37. The highest BCUT2D eigenvalue weighted by atomic mass is 19.1. The number of ether oxygens (including phenoxy) is 1. The Morgan fingerprint density at radius 2 is 1.95 bits per heavy atom. The van der Waals surface area contributed by atoms with Crippen LogP contribution >= 0.6 is 0 Å². The van der Waals surface area contributed by atoms with Crippen LogP contribution < -0.4 is 5.32 Å². The van der Waals surface area contributed by atoms with Crippen molar-refractivity contribution in [3.63, 3.8) is 0 Å². The second-order valence-corrected chi connectivity index (χ2v) is 6.86. The van der Waals surface area contributed by atoms with Gasteiger partial charge in [-0.2, -0.15) is 0 Å². The van der Waals surface area contributed by atoms with E-state index in [0.717, 1.165) is 24.9 Å². The summed E-state index contributed by atoms with van der Waals surface area (Å²) in [6, 6.07) is 5.25. The van der Waals surface area contributed by atoms with Crippen molar-refractivity contribution in [2.45, 2.75) is 59.6 Å². The number of halogens is 1. The van der Waals surface area contributed by atoms with Crippen molar-refractivity contribution < 1.29 is 9.13 Å². The molecule has 0 amide bonds. The van der Waals surface area contributed by atoms with E-state index in [1.807, 2.05) is 13.0 Å². The summed E-state index contributed by atoms with van der Waals surface area (Å²) in [5, 5.41) is 3.60. The summed E-state index contributed by atoms with van der Waals surface area (Å²) in [6.07, 6.45) is 2.04. The smallest absolute Gasteiger partial charge is 0.123 e. The van der Waals surface area contributed by atoms with Crippen molar-refractivity contribution in [1.82, 2.24) is 5.32 Å². The Balaban J connectivity index is 2.96. The summed E-state index contributed by atoms with van der Waals surface area (Å²) in [6.45, 7) is 11.7. The number of hydrogen-bond acceptors (Lipinski definition) is 2. The molecular formula is C18H30FNO. The molecule has 0 fully saturated rings. The van der Waals surface area contributed by atoms with Crippen molar-refractivity contribution in [2.75, 3.05) is 13.7 Å². The molecule has 0 aliphatic carbocycles. The Labute approximate surface area is 129 Å². The van der Waals surface area contributed by atoms with Gasteiger partial charge >= 0.3 is 0 Å². The number of nitrogens with one attached hydrogen (secondary N) is 1. The molecule has 120 valence electrons. The highest BCUT2D eigenvalue weighted by Gasteiger charge is 2.32. The first-order valence-corrected chi connectivity index (χ1v) is 7.80. The Hall–Kier alpha value is -0.930. The summed E-state index contributed by atoms with van der Waals surface area (Å²) in [4.78, 5) is 0. The second kappa shape index (κ2) is 7.90. The van der Waals surface area contributed by atoms with Crippen molar-refractivity contribution in [3.05, 3.63) is 35.1 Å². The second-order valence-electron chi connectivity index (χ2n) is 6.86. The van der Waals surface area contributed by atoms with Crippen molar-refractivity contribution in [1.29, 1.82) is 0 Å². The van der Waals surface area contributed by atoms with Gasteiger partial charge in [-0.25, -0.2) is 4.39 Å². The molecule has 0 radical (unpaired) electrons. The number of hydrogen-bond donors (Lipinski definition) is 1. The van der Waals surface area contributed by atoms with E-state index in [0.29, 0.717) is 0 Å². The molecule has 0 aromatic heterocycles. The Bertz CT molecular complexity index is 439. The zero-order valence-corrected chi connectivity index (χ0v) is 14.3. The maximum Gasteiger partial charge on any atom is 0.123 e. The third-order valence-corrected chi connectivity index (χ3v) is 3.87. The zero-order valence-electron chi connectivity index (χ0n) is 14.3. The molecule has 1 aromatic rings. The number of rotatable bonds is 7. The Morgan fingerprint density at radius 3 is 2.43 bits per heavy atom. The molecular weight excluding hydrogens is 265 g/mol.